The Kier molecular flexibility index (Phi) is 6.00. The van der Waals surface area contributed by atoms with Crippen LogP contribution in [0.4, 0.5) is 17.1 Å². The van der Waals surface area contributed by atoms with E-state index in [1.54, 1.807) is 30.3 Å². The normalized spacial score (nSPS) is 13.3. The SMILES string of the molecule is C#Cc1ccc(Nc2cc(=O)n(C)c3c2c(=O)n(C2CC2)c(=O)n3-c2cccc(NS(C)(=O)=O)c2)c(C)c1. The Balaban J connectivity index is 1.84. The van der Waals surface area contributed by atoms with Crippen LogP contribution in [0.25, 0.3) is 16.7 Å². The number of pyridine rings is 1. The highest BCUT2D eigenvalue weighted by molar-refractivity contribution is 7.92. The summed E-state index contributed by atoms with van der Waals surface area (Å²) in [5, 5.41) is 3.35. The summed E-state index contributed by atoms with van der Waals surface area (Å²) in [4.78, 5) is 40.7. The topological polar surface area (TPSA) is 124 Å². The maximum Gasteiger partial charge on any atom is 0.337 e. The number of nitrogens with one attached hydrogen (secondary N) is 2. The number of sulfonamides is 1. The summed E-state index contributed by atoms with van der Waals surface area (Å²) in [5.41, 5.74) is 1.45. The van der Waals surface area contributed by atoms with E-state index in [-0.39, 0.29) is 28.5 Å². The Morgan fingerprint density at radius 3 is 2.39 bits per heavy atom. The van der Waals surface area contributed by atoms with Gasteiger partial charge in [-0.1, -0.05) is 12.0 Å². The molecule has 5 rings (SSSR count). The summed E-state index contributed by atoms with van der Waals surface area (Å²) >= 11 is 0. The molecule has 0 radical (unpaired) electrons. The molecule has 2 N–H and O–H groups in total. The Bertz CT molecular complexity index is 1960. The van der Waals surface area contributed by atoms with Gasteiger partial charge in [0, 0.05) is 30.4 Å². The van der Waals surface area contributed by atoms with Gasteiger partial charge in [0.05, 0.1) is 23.3 Å². The molecule has 194 valence electrons. The first-order chi connectivity index (χ1) is 18.0. The summed E-state index contributed by atoms with van der Waals surface area (Å²) in [5.74, 6) is 2.58. The Labute approximate surface area is 218 Å². The smallest absolute Gasteiger partial charge is 0.337 e. The van der Waals surface area contributed by atoms with E-state index in [2.05, 4.69) is 16.0 Å². The molecule has 38 heavy (non-hydrogen) atoms. The molecule has 1 saturated carbocycles. The van der Waals surface area contributed by atoms with Crippen LogP contribution in [0.5, 0.6) is 0 Å². The first-order valence-electron chi connectivity index (χ1n) is 11.8. The molecule has 0 spiro atoms. The molecule has 0 amide bonds. The molecule has 0 unspecified atom stereocenters. The molecule has 1 aliphatic rings. The van der Waals surface area contributed by atoms with Crippen LogP contribution < -0.4 is 26.8 Å². The van der Waals surface area contributed by atoms with Gasteiger partial charge < -0.3 is 5.32 Å². The number of aromatic nitrogens is 3. The second-order valence-corrected chi connectivity index (χ2v) is 11.2. The van der Waals surface area contributed by atoms with Crippen molar-refractivity contribution in [1.29, 1.82) is 0 Å². The van der Waals surface area contributed by atoms with Gasteiger partial charge in [-0.15, -0.1) is 6.42 Å². The first kappa shape index (κ1) is 25.1. The van der Waals surface area contributed by atoms with Gasteiger partial charge in [0.1, 0.15) is 11.0 Å². The number of anilines is 3. The molecule has 2 aromatic carbocycles. The second kappa shape index (κ2) is 9.08. The number of nitrogens with zero attached hydrogens (tertiary/aromatic N) is 3. The minimum absolute atomic E-state index is 0.0845. The highest BCUT2D eigenvalue weighted by atomic mass is 32.2. The van der Waals surface area contributed by atoms with Crippen molar-refractivity contribution in [2.24, 2.45) is 7.05 Å². The zero-order chi connectivity index (χ0) is 27.4. The summed E-state index contributed by atoms with van der Waals surface area (Å²) in [6, 6.07) is 12.6. The molecule has 4 aromatic rings. The molecule has 2 aromatic heterocycles. The predicted octanol–water partition coefficient (Wildman–Crippen LogP) is 2.59. The number of rotatable bonds is 6. The van der Waals surface area contributed by atoms with Gasteiger partial charge in [0.25, 0.3) is 11.1 Å². The quantitative estimate of drug-likeness (QED) is 0.369. The predicted molar refractivity (Wildman–Crippen MR) is 148 cm³/mol. The Morgan fingerprint density at radius 2 is 1.76 bits per heavy atom. The van der Waals surface area contributed by atoms with Crippen molar-refractivity contribution >= 4 is 38.1 Å². The standard InChI is InChI=1S/C27H25N5O5S/c1-5-17-9-12-21(16(2)13-17)28-22-15-23(33)30(3)25-24(22)26(34)32(19-10-11-19)27(35)31(25)20-8-6-7-18(14-20)29-38(4,36)37/h1,6-9,12-15,19,28-29H,10-11H2,2-4H3. The summed E-state index contributed by atoms with van der Waals surface area (Å²) in [7, 11) is -2.10. The van der Waals surface area contributed by atoms with Crippen molar-refractivity contribution in [2.75, 3.05) is 16.3 Å². The molecule has 1 fully saturated rings. The Morgan fingerprint density at radius 1 is 1.03 bits per heavy atom. The maximum absolute atomic E-state index is 13.8. The zero-order valence-electron chi connectivity index (χ0n) is 21.0. The fourth-order valence-electron chi connectivity index (χ4n) is 4.51. The van der Waals surface area contributed by atoms with Gasteiger partial charge >= 0.3 is 5.69 Å². The first-order valence-corrected chi connectivity index (χ1v) is 13.7. The van der Waals surface area contributed by atoms with Crippen molar-refractivity contribution < 1.29 is 8.42 Å². The van der Waals surface area contributed by atoms with Crippen LogP contribution in [0, 0.1) is 19.3 Å². The van der Waals surface area contributed by atoms with Crippen LogP contribution in [0.2, 0.25) is 0 Å². The van der Waals surface area contributed by atoms with Gasteiger partial charge in [-0.3, -0.25) is 23.4 Å². The number of fused-ring (bicyclic) bond motifs is 1. The lowest BCUT2D eigenvalue weighted by Gasteiger charge is -2.19. The third kappa shape index (κ3) is 4.50. The number of hydrogen-bond acceptors (Lipinski definition) is 6. The monoisotopic (exact) mass is 531 g/mol. The van der Waals surface area contributed by atoms with Crippen LogP contribution in [0.1, 0.15) is 30.0 Å². The lowest BCUT2D eigenvalue weighted by atomic mass is 10.1. The van der Waals surface area contributed by atoms with E-state index < -0.39 is 26.8 Å². The van der Waals surface area contributed by atoms with E-state index >= 15 is 0 Å². The van der Waals surface area contributed by atoms with E-state index in [1.807, 2.05) is 13.0 Å². The molecule has 2 heterocycles. The van der Waals surface area contributed by atoms with Crippen LogP contribution in [0.3, 0.4) is 0 Å². The summed E-state index contributed by atoms with van der Waals surface area (Å²) in [6.45, 7) is 1.85. The Hall–Kier alpha value is -4.56. The van der Waals surface area contributed by atoms with E-state index in [0.29, 0.717) is 29.8 Å². The third-order valence-corrected chi connectivity index (χ3v) is 7.04. The molecule has 1 aliphatic carbocycles. The third-order valence-electron chi connectivity index (χ3n) is 6.43. The van der Waals surface area contributed by atoms with E-state index in [9.17, 15) is 22.8 Å². The van der Waals surface area contributed by atoms with Crippen molar-refractivity contribution in [2.45, 2.75) is 25.8 Å². The lowest BCUT2D eigenvalue weighted by molar-refractivity contribution is 0.607. The molecule has 0 saturated heterocycles. The highest BCUT2D eigenvalue weighted by Gasteiger charge is 2.31. The van der Waals surface area contributed by atoms with Crippen molar-refractivity contribution in [1.82, 2.24) is 13.7 Å². The lowest BCUT2D eigenvalue weighted by Crippen LogP contribution is -2.41. The number of hydrogen-bond donors (Lipinski definition) is 2. The average Bonchev–Trinajstić information content (AvgIpc) is 3.67. The van der Waals surface area contributed by atoms with Crippen LogP contribution >= 0.6 is 0 Å². The minimum Gasteiger partial charge on any atom is -0.354 e. The fourth-order valence-corrected chi connectivity index (χ4v) is 5.07. The van der Waals surface area contributed by atoms with Gasteiger partial charge in [0.2, 0.25) is 10.0 Å². The zero-order valence-corrected chi connectivity index (χ0v) is 21.8. The maximum atomic E-state index is 13.8. The van der Waals surface area contributed by atoms with E-state index in [0.717, 1.165) is 11.8 Å². The van der Waals surface area contributed by atoms with E-state index in [4.69, 9.17) is 6.42 Å². The van der Waals surface area contributed by atoms with Crippen LogP contribution in [0.15, 0.2) is 62.9 Å². The second-order valence-electron chi connectivity index (χ2n) is 9.40. The minimum atomic E-state index is -3.58. The van der Waals surface area contributed by atoms with Gasteiger partial charge in [-0.25, -0.2) is 17.8 Å². The van der Waals surface area contributed by atoms with Gasteiger partial charge in [-0.2, -0.15) is 0 Å². The number of aryl methyl sites for hydroxylation is 2. The molecular weight excluding hydrogens is 506 g/mol. The number of benzene rings is 2. The number of terminal acetylenes is 1. The van der Waals surface area contributed by atoms with Gasteiger partial charge in [-0.05, 0) is 61.7 Å². The van der Waals surface area contributed by atoms with Crippen molar-refractivity contribution in [3.63, 3.8) is 0 Å². The average molecular weight is 532 g/mol. The van der Waals surface area contributed by atoms with Crippen LogP contribution in [-0.4, -0.2) is 28.4 Å². The van der Waals surface area contributed by atoms with Crippen molar-refractivity contribution in [3.8, 4) is 18.0 Å². The highest BCUT2D eigenvalue weighted by Crippen LogP contribution is 2.34. The molecule has 0 bridgehead atoms. The van der Waals surface area contributed by atoms with Crippen LogP contribution in [-0.2, 0) is 17.1 Å². The molecule has 0 atom stereocenters. The molecule has 11 heteroatoms. The summed E-state index contributed by atoms with van der Waals surface area (Å²) < 4.78 is 29.8. The molecule has 10 nitrogen and oxygen atoms in total. The fraction of sp³-hybridized carbons (Fsp3) is 0.222. The molecular formula is C27H25N5O5S. The molecule has 0 aliphatic heterocycles. The van der Waals surface area contributed by atoms with E-state index in [1.165, 1.54) is 32.9 Å². The summed E-state index contributed by atoms with van der Waals surface area (Å²) in [6.07, 6.45) is 7.88. The van der Waals surface area contributed by atoms with Gasteiger partial charge in [0.15, 0.2) is 0 Å². The largest absolute Gasteiger partial charge is 0.354 e. The van der Waals surface area contributed by atoms with Crippen molar-refractivity contribution in [3.05, 3.63) is 90.8 Å².